The van der Waals surface area contributed by atoms with Gasteiger partial charge in [0.2, 0.25) is 11.8 Å². The molecular weight excluding hydrogens is 206 g/mol. The van der Waals surface area contributed by atoms with Crippen molar-refractivity contribution >= 4 is 11.8 Å². The summed E-state index contributed by atoms with van der Waals surface area (Å²) < 4.78 is 0. The molecule has 0 rings (SSSR count). The fourth-order valence-electron chi connectivity index (χ4n) is 1.31. The highest BCUT2D eigenvalue weighted by Crippen LogP contribution is 2.08. The fourth-order valence-corrected chi connectivity index (χ4v) is 1.31. The zero-order valence-corrected chi connectivity index (χ0v) is 10.6. The number of nitrogens with zero attached hydrogens (tertiary/aromatic N) is 1. The van der Waals surface area contributed by atoms with Gasteiger partial charge in [-0.3, -0.25) is 9.59 Å². The van der Waals surface area contributed by atoms with Gasteiger partial charge in [-0.1, -0.05) is 20.3 Å². The van der Waals surface area contributed by atoms with Crippen molar-refractivity contribution in [2.24, 2.45) is 11.7 Å². The van der Waals surface area contributed by atoms with Crippen LogP contribution in [0.5, 0.6) is 0 Å². The Morgan fingerprint density at radius 1 is 1.38 bits per heavy atom. The first kappa shape index (κ1) is 14.9. The van der Waals surface area contributed by atoms with Crippen LogP contribution in [-0.4, -0.2) is 42.9 Å². The lowest BCUT2D eigenvalue weighted by Crippen LogP contribution is -2.49. The van der Waals surface area contributed by atoms with Crippen molar-refractivity contribution in [2.45, 2.75) is 33.2 Å². The van der Waals surface area contributed by atoms with Crippen molar-refractivity contribution in [3.05, 3.63) is 0 Å². The smallest absolute Gasteiger partial charge is 0.240 e. The van der Waals surface area contributed by atoms with Gasteiger partial charge < -0.3 is 16.0 Å². The Morgan fingerprint density at radius 2 is 1.94 bits per heavy atom. The number of carbonyl (C=O) groups is 2. The van der Waals surface area contributed by atoms with Gasteiger partial charge in [0.1, 0.15) is 0 Å². The van der Waals surface area contributed by atoms with Crippen LogP contribution < -0.4 is 11.1 Å². The summed E-state index contributed by atoms with van der Waals surface area (Å²) in [6.07, 6.45) is 0.852. The summed E-state index contributed by atoms with van der Waals surface area (Å²) in [5, 5.41) is 2.49. The van der Waals surface area contributed by atoms with Gasteiger partial charge >= 0.3 is 0 Å². The number of hydrogen-bond donors (Lipinski definition) is 2. The predicted molar refractivity (Wildman–Crippen MR) is 63.8 cm³/mol. The third-order valence-electron chi connectivity index (χ3n) is 2.85. The summed E-state index contributed by atoms with van der Waals surface area (Å²) in [6.45, 7) is 6.35. The van der Waals surface area contributed by atoms with Crippen LogP contribution in [0.3, 0.4) is 0 Å². The Bertz CT molecular complexity index is 243. The highest BCUT2D eigenvalue weighted by molar-refractivity contribution is 5.87. The molecule has 0 saturated carbocycles. The van der Waals surface area contributed by atoms with Gasteiger partial charge in [0.25, 0.3) is 0 Å². The normalized spacial score (nSPS) is 14.1. The van der Waals surface area contributed by atoms with E-state index in [4.69, 9.17) is 5.73 Å². The van der Waals surface area contributed by atoms with E-state index in [2.05, 4.69) is 5.32 Å². The minimum atomic E-state index is -0.519. The maximum atomic E-state index is 11.9. The van der Waals surface area contributed by atoms with Crippen LogP contribution >= 0.6 is 0 Å². The van der Waals surface area contributed by atoms with Gasteiger partial charge in [-0.25, -0.2) is 0 Å². The molecule has 0 aliphatic carbocycles. The zero-order chi connectivity index (χ0) is 12.7. The van der Waals surface area contributed by atoms with E-state index in [0.29, 0.717) is 6.54 Å². The molecule has 3 N–H and O–H groups in total. The van der Waals surface area contributed by atoms with Crippen LogP contribution in [0.4, 0.5) is 0 Å². The summed E-state index contributed by atoms with van der Waals surface area (Å²) in [5.74, 6) is -0.196. The molecule has 94 valence electrons. The minimum Gasteiger partial charge on any atom is -0.358 e. The Morgan fingerprint density at radius 3 is 2.31 bits per heavy atom. The van der Waals surface area contributed by atoms with Gasteiger partial charge in [-0.2, -0.15) is 0 Å². The quantitative estimate of drug-likeness (QED) is 0.671. The van der Waals surface area contributed by atoms with Gasteiger partial charge in [-0.15, -0.1) is 0 Å². The zero-order valence-electron chi connectivity index (χ0n) is 10.6. The second-order valence-electron chi connectivity index (χ2n) is 3.94. The summed E-state index contributed by atoms with van der Waals surface area (Å²) in [7, 11) is 1.55. The largest absolute Gasteiger partial charge is 0.358 e. The second kappa shape index (κ2) is 7.22. The van der Waals surface area contributed by atoms with E-state index in [1.165, 1.54) is 4.90 Å². The lowest BCUT2D eigenvalue weighted by Gasteiger charge is -2.26. The van der Waals surface area contributed by atoms with E-state index in [-0.39, 0.29) is 24.3 Å². The predicted octanol–water partition coefficient (Wildman–Crippen LogP) is -0.0457. The van der Waals surface area contributed by atoms with Crippen LogP contribution in [0.1, 0.15) is 27.2 Å². The first-order valence-corrected chi connectivity index (χ1v) is 5.72. The molecule has 2 atom stereocenters. The summed E-state index contributed by atoms with van der Waals surface area (Å²) in [5.41, 5.74) is 5.84. The van der Waals surface area contributed by atoms with Crippen LogP contribution in [0.15, 0.2) is 0 Å². The van der Waals surface area contributed by atoms with E-state index < -0.39 is 6.04 Å². The topological polar surface area (TPSA) is 75.4 Å². The monoisotopic (exact) mass is 229 g/mol. The standard InChI is InChI=1S/C11H23N3O2/c1-5-8(3)10(12)11(16)14(6-2)7-9(15)13-4/h8,10H,5-7,12H2,1-4H3,(H,13,15)/t8-,10-/m0/s1. The Balaban J connectivity index is 4.46. The minimum absolute atomic E-state index is 0.0793. The number of rotatable bonds is 6. The van der Waals surface area contributed by atoms with E-state index in [1.807, 2.05) is 20.8 Å². The molecule has 0 heterocycles. The summed E-state index contributed by atoms with van der Waals surface area (Å²) >= 11 is 0. The molecule has 0 spiro atoms. The van der Waals surface area contributed by atoms with Crippen molar-refractivity contribution in [1.82, 2.24) is 10.2 Å². The number of nitrogens with one attached hydrogen (secondary N) is 1. The van der Waals surface area contributed by atoms with Crippen molar-refractivity contribution in [3.63, 3.8) is 0 Å². The molecule has 16 heavy (non-hydrogen) atoms. The SMILES string of the molecule is CC[C@H](C)[C@H](N)C(=O)N(CC)CC(=O)NC. The van der Waals surface area contributed by atoms with Crippen LogP contribution in [0, 0.1) is 5.92 Å². The molecule has 0 radical (unpaired) electrons. The molecular formula is C11H23N3O2. The number of likely N-dealkylation sites (N-methyl/N-ethyl adjacent to an activating group) is 2. The highest BCUT2D eigenvalue weighted by Gasteiger charge is 2.25. The lowest BCUT2D eigenvalue weighted by molar-refractivity contribution is -0.137. The average Bonchev–Trinajstić information content (AvgIpc) is 2.32. The fraction of sp³-hybridized carbons (Fsp3) is 0.818. The maximum Gasteiger partial charge on any atom is 0.240 e. The third kappa shape index (κ3) is 4.18. The molecule has 0 bridgehead atoms. The van der Waals surface area contributed by atoms with Gasteiger partial charge in [0, 0.05) is 13.6 Å². The van der Waals surface area contributed by atoms with Gasteiger partial charge in [-0.05, 0) is 12.8 Å². The lowest BCUT2D eigenvalue weighted by atomic mass is 9.99. The molecule has 0 fully saturated rings. The van der Waals surface area contributed by atoms with Gasteiger partial charge in [0.15, 0.2) is 0 Å². The molecule has 0 aromatic carbocycles. The Labute approximate surface area is 97.4 Å². The van der Waals surface area contributed by atoms with Crippen LogP contribution in [-0.2, 0) is 9.59 Å². The third-order valence-corrected chi connectivity index (χ3v) is 2.85. The van der Waals surface area contributed by atoms with E-state index >= 15 is 0 Å². The van der Waals surface area contributed by atoms with Crippen molar-refractivity contribution in [2.75, 3.05) is 20.1 Å². The number of nitrogens with two attached hydrogens (primary N) is 1. The molecule has 2 amide bonds. The average molecular weight is 229 g/mol. The van der Waals surface area contributed by atoms with Crippen molar-refractivity contribution in [1.29, 1.82) is 0 Å². The number of carbonyl (C=O) groups excluding carboxylic acids is 2. The number of amides is 2. The van der Waals surface area contributed by atoms with Crippen LogP contribution in [0.2, 0.25) is 0 Å². The molecule has 0 aliphatic heterocycles. The molecule has 0 aromatic rings. The summed E-state index contributed by atoms with van der Waals surface area (Å²) in [4.78, 5) is 24.6. The van der Waals surface area contributed by atoms with Crippen molar-refractivity contribution in [3.8, 4) is 0 Å². The first-order chi connectivity index (χ1) is 7.47. The summed E-state index contributed by atoms with van der Waals surface area (Å²) in [6, 6.07) is -0.519. The molecule has 5 nitrogen and oxygen atoms in total. The Kier molecular flexibility index (Phi) is 6.72. The molecule has 0 aliphatic rings. The molecule has 0 unspecified atom stereocenters. The highest BCUT2D eigenvalue weighted by atomic mass is 16.2. The number of hydrogen-bond acceptors (Lipinski definition) is 3. The molecule has 0 saturated heterocycles. The Hall–Kier alpha value is -1.10. The molecule has 5 heteroatoms. The van der Waals surface area contributed by atoms with E-state index in [9.17, 15) is 9.59 Å². The van der Waals surface area contributed by atoms with E-state index in [0.717, 1.165) is 6.42 Å². The molecule has 0 aromatic heterocycles. The first-order valence-electron chi connectivity index (χ1n) is 5.72. The van der Waals surface area contributed by atoms with Gasteiger partial charge in [0.05, 0.1) is 12.6 Å². The second-order valence-corrected chi connectivity index (χ2v) is 3.94. The van der Waals surface area contributed by atoms with E-state index in [1.54, 1.807) is 7.05 Å². The van der Waals surface area contributed by atoms with Crippen LogP contribution in [0.25, 0.3) is 0 Å². The maximum absolute atomic E-state index is 11.9. The van der Waals surface area contributed by atoms with Crippen molar-refractivity contribution < 1.29 is 9.59 Å².